The molecular formula is C18H23N3O4. The van der Waals surface area contributed by atoms with Crippen LogP contribution < -0.4 is 9.47 Å². The van der Waals surface area contributed by atoms with Crippen LogP contribution in [0.2, 0.25) is 0 Å². The first kappa shape index (κ1) is 16.4. The van der Waals surface area contributed by atoms with Crippen LogP contribution in [-0.4, -0.2) is 48.0 Å². The number of morpholine rings is 1. The van der Waals surface area contributed by atoms with Crippen LogP contribution in [0.4, 0.5) is 0 Å². The van der Waals surface area contributed by atoms with E-state index in [1.54, 1.807) is 0 Å². The Labute approximate surface area is 146 Å². The minimum Gasteiger partial charge on any atom is -0.490 e. The third-order valence-corrected chi connectivity index (χ3v) is 4.46. The molecule has 2 aliphatic heterocycles. The number of fused-ring (bicyclic) bond motifs is 1. The van der Waals surface area contributed by atoms with Crippen LogP contribution in [0.5, 0.6) is 11.5 Å². The van der Waals surface area contributed by atoms with Crippen molar-refractivity contribution >= 4 is 0 Å². The van der Waals surface area contributed by atoms with Crippen LogP contribution in [0.3, 0.4) is 0 Å². The fourth-order valence-electron chi connectivity index (χ4n) is 3.15. The molecule has 1 saturated heterocycles. The molecule has 0 spiro atoms. The average Bonchev–Trinajstić information content (AvgIpc) is 3.00. The fraction of sp³-hybridized carbons (Fsp3) is 0.556. The van der Waals surface area contributed by atoms with E-state index in [4.69, 9.17) is 18.6 Å². The van der Waals surface area contributed by atoms with E-state index >= 15 is 0 Å². The highest BCUT2D eigenvalue weighted by atomic mass is 16.5. The van der Waals surface area contributed by atoms with Crippen molar-refractivity contribution in [3.05, 3.63) is 35.5 Å². The summed E-state index contributed by atoms with van der Waals surface area (Å²) < 4.78 is 23.2. The van der Waals surface area contributed by atoms with Gasteiger partial charge in [0.15, 0.2) is 11.5 Å². The molecule has 134 valence electrons. The zero-order valence-corrected chi connectivity index (χ0v) is 14.4. The van der Waals surface area contributed by atoms with Gasteiger partial charge in [0.05, 0.1) is 19.8 Å². The maximum atomic E-state index is 5.93. The zero-order valence-electron chi connectivity index (χ0n) is 14.4. The largest absolute Gasteiger partial charge is 0.490 e. The molecule has 2 aromatic rings. The molecule has 0 N–H and O–H groups in total. The minimum atomic E-state index is -0.180. The number of hydrogen-bond donors (Lipinski definition) is 0. The molecule has 1 aromatic heterocycles. The van der Waals surface area contributed by atoms with Gasteiger partial charge >= 0.3 is 0 Å². The number of para-hydroxylation sites is 1. The SMILES string of the molecule is CCc1nnc(C2CN(Cc3cccc4c3OCCCO4)CCO2)o1. The Morgan fingerprint density at radius 1 is 1.16 bits per heavy atom. The lowest BCUT2D eigenvalue weighted by atomic mass is 10.1. The molecule has 1 atom stereocenters. The van der Waals surface area contributed by atoms with E-state index in [2.05, 4.69) is 21.2 Å². The molecule has 3 heterocycles. The zero-order chi connectivity index (χ0) is 17.1. The van der Waals surface area contributed by atoms with Crippen LogP contribution >= 0.6 is 0 Å². The normalized spacial score (nSPS) is 21.1. The molecule has 0 radical (unpaired) electrons. The first-order chi connectivity index (χ1) is 12.3. The molecule has 0 saturated carbocycles. The van der Waals surface area contributed by atoms with Gasteiger partial charge in [-0.25, -0.2) is 0 Å². The molecule has 7 nitrogen and oxygen atoms in total. The summed E-state index contributed by atoms with van der Waals surface area (Å²) in [6, 6.07) is 6.09. The predicted octanol–water partition coefficient (Wildman–Crippen LogP) is 2.37. The lowest BCUT2D eigenvalue weighted by molar-refractivity contribution is -0.0459. The first-order valence-electron chi connectivity index (χ1n) is 8.87. The maximum absolute atomic E-state index is 5.93. The monoisotopic (exact) mass is 345 g/mol. The highest BCUT2D eigenvalue weighted by molar-refractivity contribution is 5.47. The molecule has 2 aliphatic rings. The van der Waals surface area contributed by atoms with Crippen molar-refractivity contribution in [1.82, 2.24) is 15.1 Å². The van der Waals surface area contributed by atoms with Crippen LogP contribution in [0.1, 0.15) is 36.8 Å². The molecule has 7 heteroatoms. The number of aromatic nitrogens is 2. The standard InChI is InChI=1S/C18H23N3O4/c1-2-16-19-20-18(25-16)15-12-21(7-10-23-15)11-13-5-3-6-14-17(13)24-9-4-8-22-14/h3,5-6,15H,2,4,7-12H2,1H3. The summed E-state index contributed by atoms with van der Waals surface area (Å²) in [5.74, 6) is 2.92. The first-order valence-corrected chi connectivity index (χ1v) is 8.87. The smallest absolute Gasteiger partial charge is 0.246 e. The molecule has 1 unspecified atom stereocenters. The van der Waals surface area contributed by atoms with Gasteiger partial charge in [-0.1, -0.05) is 19.1 Å². The minimum absolute atomic E-state index is 0.180. The van der Waals surface area contributed by atoms with E-state index in [1.165, 1.54) is 0 Å². The third kappa shape index (κ3) is 3.62. The summed E-state index contributed by atoms with van der Waals surface area (Å²) in [6.07, 6.45) is 1.46. The van der Waals surface area contributed by atoms with Crippen molar-refractivity contribution in [3.63, 3.8) is 0 Å². The average molecular weight is 345 g/mol. The highest BCUT2D eigenvalue weighted by Crippen LogP contribution is 2.34. The van der Waals surface area contributed by atoms with E-state index in [1.807, 2.05) is 19.1 Å². The number of ether oxygens (including phenoxy) is 3. The lowest BCUT2D eigenvalue weighted by Gasteiger charge is -2.31. The second-order valence-electron chi connectivity index (χ2n) is 6.28. The Balaban J connectivity index is 1.47. The molecule has 1 aromatic carbocycles. The highest BCUT2D eigenvalue weighted by Gasteiger charge is 2.27. The number of rotatable bonds is 4. The van der Waals surface area contributed by atoms with Gasteiger partial charge in [-0.05, 0) is 6.07 Å². The Kier molecular flexibility index (Phi) is 4.85. The van der Waals surface area contributed by atoms with Crippen molar-refractivity contribution in [1.29, 1.82) is 0 Å². The van der Waals surface area contributed by atoms with Crippen LogP contribution in [0, 0.1) is 0 Å². The van der Waals surface area contributed by atoms with Crippen molar-refractivity contribution in [2.24, 2.45) is 0 Å². The van der Waals surface area contributed by atoms with Crippen molar-refractivity contribution < 1.29 is 18.6 Å². The van der Waals surface area contributed by atoms with Gasteiger partial charge in [-0.3, -0.25) is 4.90 Å². The summed E-state index contributed by atoms with van der Waals surface area (Å²) in [5, 5.41) is 8.16. The molecule has 0 amide bonds. The van der Waals surface area contributed by atoms with Crippen LogP contribution in [-0.2, 0) is 17.7 Å². The predicted molar refractivity (Wildman–Crippen MR) is 89.7 cm³/mol. The summed E-state index contributed by atoms with van der Waals surface area (Å²) in [5.41, 5.74) is 1.14. The third-order valence-electron chi connectivity index (χ3n) is 4.46. The van der Waals surface area contributed by atoms with Crippen LogP contribution in [0.25, 0.3) is 0 Å². The summed E-state index contributed by atoms with van der Waals surface area (Å²) in [4.78, 5) is 2.33. The van der Waals surface area contributed by atoms with Gasteiger partial charge in [0.2, 0.25) is 11.8 Å². The molecule has 0 aliphatic carbocycles. The van der Waals surface area contributed by atoms with Gasteiger partial charge in [-0.15, -0.1) is 10.2 Å². The van der Waals surface area contributed by atoms with Crippen LogP contribution in [0.15, 0.2) is 22.6 Å². The lowest BCUT2D eigenvalue weighted by Crippen LogP contribution is -2.38. The Morgan fingerprint density at radius 2 is 2.08 bits per heavy atom. The van der Waals surface area contributed by atoms with Gasteiger partial charge < -0.3 is 18.6 Å². The topological polar surface area (TPSA) is 69.9 Å². The van der Waals surface area contributed by atoms with Crippen molar-refractivity contribution in [2.75, 3.05) is 32.9 Å². The summed E-state index contributed by atoms with van der Waals surface area (Å²) >= 11 is 0. The maximum Gasteiger partial charge on any atom is 0.246 e. The number of nitrogens with zero attached hydrogens (tertiary/aromatic N) is 3. The number of aryl methyl sites for hydroxylation is 1. The quantitative estimate of drug-likeness (QED) is 0.842. The second kappa shape index (κ2) is 7.41. The number of benzene rings is 1. The van der Waals surface area contributed by atoms with Crippen molar-refractivity contribution in [3.8, 4) is 11.5 Å². The Hall–Kier alpha value is -2.12. The summed E-state index contributed by atoms with van der Waals surface area (Å²) in [7, 11) is 0. The van der Waals surface area contributed by atoms with Gasteiger partial charge in [0.25, 0.3) is 0 Å². The molecule has 0 bridgehead atoms. The van der Waals surface area contributed by atoms with Gasteiger partial charge in [0, 0.05) is 38.0 Å². The second-order valence-corrected chi connectivity index (χ2v) is 6.28. The van der Waals surface area contributed by atoms with Gasteiger partial charge in [0.1, 0.15) is 6.10 Å². The molecular weight excluding hydrogens is 322 g/mol. The molecule has 1 fully saturated rings. The fourth-order valence-corrected chi connectivity index (χ4v) is 3.15. The summed E-state index contributed by atoms with van der Waals surface area (Å²) in [6.45, 7) is 6.38. The molecule has 4 rings (SSSR count). The van der Waals surface area contributed by atoms with Gasteiger partial charge in [-0.2, -0.15) is 0 Å². The Morgan fingerprint density at radius 3 is 2.96 bits per heavy atom. The van der Waals surface area contributed by atoms with E-state index < -0.39 is 0 Å². The van der Waals surface area contributed by atoms with E-state index in [0.29, 0.717) is 31.6 Å². The number of hydrogen-bond acceptors (Lipinski definition) is 7. The van der Waals surface area contributed by atoms with Crippen molar-refractivity contribution in [2.45, 2.75) is 32.4 Å². The van der Waals surface area contributed by atoms with E-state index in [-0.39, 0.29) is 6.10 Å². The van der Waals surface area contributed by atoms with E-state index in [0.717, 1.165) is 49.5 Å². The molecule has 25 heavy (non-hydrogen) atoms. The van der Waals surface area contributed by atoms with E-state index in [9.17, 15) is 0 Å². The Bertz CT molecular complexity index is 718.